The van der Waals surface area contributed by atoms with Gasteiger partial charge in [0.15, 0.2) is 0 Å². The SMILES string of the molecule is O=c1cc(Cc2ccccc2)[nH]n1-c1nc2ccccc2s1. The highest BCUT2D eigenvalue weighted by Gasteiger charge is 2.10. The molecule has 1 N–H and O–H groups in total. The Morgan fingerprint density at radius 3 is 2.64 bits per heavy atom. The third kappa shape index (κ3) is 2.35. The minimum Gasteiger partial charge on any atom is -0.293 e. The predicted molar refractivity (Wildman–Crippen MR) is 88.8 cm³/mol. The minimum absolute atomic E-state index is 0.0787. The first-order valence-electron chi connectivity index (χ1n) is 7.00. The maximum atomic E-state index is 12.2. The molecule has 0 aliphatic rings. The standard InChI is InChI=1S/C17H13N3OS/c21-16-11-13(10-12-6-2-1-3-7-12)19-20(16)17-18-14-8-4-5-9-15(14)22-17/h1-9,11,19H,10H2. The molecule has 2 heterocycles. The number of aromatic nitrogens is 3. The number of hydrogen-bond acceptors (Lipinski definition) is 3. The fourth-order valence-corrected chi connectivity index (χ4v) is 3.38. The number of rotatable bonds is 3. The molecular weight excluding hydrogens is 294 g/mol. The van der Waals surface area contributed by atoms with Gasteiger partial charge in [0.1, 0.15) is 0 Å². The maximum absolute atomic E-state index is 12.2. The molecule has 0 spiro atoms. The van der Waals surface area contributed by atoms with E-state index in [1.807, 2.05) is 54.6 Å². The van der Waals surface area contributed by atoms with Crippen LogP contribution >= 0.6 is 11.3 Å². The molecule has 0 unspecified atom stereocenters. The second-order valence-electron chi connectivity index (χ2n) is 5.08. The predicted octanol–water partition coefficient (Wildman–Crippen LogP) is 3.37. The van der Waals surface area contributed by atoms with E-state index in [4.69, 9.17) is 0 Å². The fraction of sp³-hybridized carbons (Fsp3) is 0.0588. The van der Waals surface area contributed by atoms with Crippen LogP contribution in [0.2, 0.25) is 0 Å². The van der Waals surface area contributed by atoms with E-state index in [1.165, 1.54) is 21.6 Å². The molecule has 0 amide bonds. The van der Waals surface area contributed by atoms with E-state index in [1.54, 1.807) is 6.07 Å². The van der Waals surface area contributed by atoms with E-state index < -0.39 is 0 Å². The second-order valence-corrected chi connectivity index (χ2v) is 6.09. The summed E-state index contributed by atoms with van der Waals surface area (Å²) in [6.45, 7) is 0. The molecule has 0 aliphatic carbocycles. The van der Waals surface area contributed by atoms with Gasteiger partial charge in [-0.15, -0.1) is 0 Å². The van der Waals surface area contributed by atoms with Gasteiger partial charge in [-0.2, -0.15) is 4.68 Å². The van der Waals surface area contributed by atoms with Crippen LogP contribution < -0.4 is 5.56 Å². The van der Waals surface area contributed by atoms with Crippen molar-refractivity contribution in [2.24, 2.45) is 0 Å². The third-order valence-corrected chi connectivity index (χ3v) is 4.51. The Bertz CT molecular complexity index is 949. The summed E-state index contributed by atoms with van der Waals surface area (Å²) in [5.41, 5.74) is 2.88. The Balaban J connectivity index is 1.72. The first-order valence-corrected chi connectivity index (χ1v) is 7.82. The number of H-pyrrole nitrogens is 1. The molecule has 4 nitrogen and oxygen atoms in total. The zero-order chi connectivity index (χ0) is 14.9. The van der Waals surface area contributed by atoms with Crippen LogP contribution in [0.5, 0.6) is 0 Å². The molecule has 0 saturated heterocycles. The van der Waals surface area contributed by atoms with Gasteiger partial charge in [-0.05, 0) is 17.7 Å². The van der Waals surface area contributed by atoms with Gasteiger partial charge in [0.05, 0.1) is 10.2 Å². The van der Waals surface area contributed by atoms with Crippen LogP contribution in [0.15, 0.2) is 65.5 Å². The van der Waals surface area contributed by atoms with Crippen LogP contribution in [-0.2, 0) is 6.42 Å². The normalized spacial score (nSPS) is 11.1. The first-order chi connectivity index (χ1) is 10.8. The van der Waals surface area contributed by atoms with Crippen molar-refractivity contribution < 1.29 is 0 Å². The highest BCUT2D eigenvalue weighted by atomic mass is 32.1. The summed E-state index contributed by atoms with van der Waals surface area (Å²) in [6.07, 6.45) is 0.702. The molecule has 4 aromatic rings. The minimum atomic E-state index is -0.0787. The average Bonchev–Trinajstić information content (AvgIpc) is 3.11. The van der Waals surface area contributed by atoms with Crippen molar-refractivity contribution in [1.82, 2.24) is 14.8 Å². The summed E-state index contributed by atoms with van der Waals surface area (Å²) in [5, 5.41) is 3.83. The number of aromatic amines is 1. The molecule has 4 rings (SSSR count). The molecule has 0 fully saturated rings. The molecule has 22 heavy (non-hydrogen) atoms. The Labute approximate surface area is 130 Å². The lowest BCUT2D eigenvalue weighted by Gasteiger charge is -1.98. The zero-order valence-electron chi connectivity index (χ0n) is 11.7. The summed E-state index contributed by atoms with van der Waals surface area (Å²) in [7, 11) is 0. The van der Waals surface area contributed by atoms with Crippen LogP contribution in [0.25, 0.3) is 15.3 Å². The molecule has 2 aromatic carbocycles. The number of para-hydroxylation sites is 1. The van der Waals surface area contributed by atoms with E-state index in [0.717, 1.165) is 15.9 Å². The lowest BCUT2D eigenvalue weighted by molar-refractivity contribution is 0.819. The molecule has 0 bridgehead atoms. The van der Waals surface area contributed by atoms with E-state index >= 15 is 0 Å². The number of nitrogens with one attached hydrogen (secondary N) is 1. The number of nitrogens with zero attached hydrogens (tertiary/aromatic N) is 2. The quantitative estimate of drug-likeness (QED) is 0.631. The van der Waals surface area contributed by atoms with Crippen LogP contribution in [0.3, 0.4) is 0 Å². The molecule has 0 radical (unpaired) electrons. The Morgan fingerprint density at radius 2 is 1.82 bits per heavy atom. The first kappa shape index (κ1) is 13.0. The lowest BCUT2D eigenvalue weighted by atomic mass is 10.1. The fourth-order valence-electron chi connectivity index (χ4n) is 2.45. The summed E-state index contributed by atoms with van der Waals surface area (Å²) >= 11 is 1.50. The van der Waals surface area contributed by atoms with Crippen molar-refractivity contribution in [3.63, 3.8) is 0 Å². The number of fused-ring (bicyclic) bond motifs is 1. The molecule has 2 aromatic heterocycles. The monoisotopic (exact) mass is 307 g/mol. The molecule has 5 heteroatoms. The van der Waals surface area contributed by atoms with Gasteiger partial charge in [-0.1, -0.05) is 53.8 Å². The maximum Gasteiger partial charge on any atom is 0.273 e. The van der Waals surface area contributed by atoms with Gasteiger partial charge in [-0.3, -0.25) is 9.89 Å². The second kappa shape index (κ2) is 5.27. The van der Waals surface area contributed by atoms with Crippen molar-refractivity contribution in [2.45, 2.75) is 6.42 Å². The highest BCUT2D eigenvalue weighted by Crippen LogP contribution is 2.23. The lowest BCUT2D eigenvalue weighted by Crippen LogP contribution is -2.12. The van der Waals surface area contributed by atoms with Gasteiger partial charge < -0.3 is 0 Å². The van der Waals surface area contributed by atoms with Gasteiger partial charge >= 0.3 is 0 Å². The molecule has 0 aliphatic heterocycles. The third-order valence-electron chi connectivity index (χ3n) is 3.48. The smallest absolute Gasteiger partial charge is 0.273 e. The number of thiazole rings is 1. The van der Waals surface area contributed by atoms with Gasteiger partial charge in [0.2, 0.25) is 5.13 Å². The van der Waals surface area contributed by atoms with Crippen molar-refractivity contribution in [3.05, 3.63) is 82.3 Å². The molecular formula is C17H13N3OS. The average molecular weight is 307 g/mol. The summed E-state index contributed by atoms with van der Waals surface area (Å²) in [5.74, 6) is 0. The van der Waals surface area contributed by atoms with Crippen LogP contribution in [0.1, 0.15) is 11.3 Å². The molecule has 108 valence electrons. The van der Waals surface area contributed by atoms with E-state index in [9.17, 15) is 4.79 Å². The zero-order valence-corrected chi connectivity index (χ0v) is 12.5. The van der Waals surface area contributed by atoms with E-state index in [-0.39, 0.29) is 5.56 Å². The summed E-state index contributed by atoms with van der Waals surface area (Å²) in [4.78, 5) is 16.7. The Hall–Kier alpha value is -2.66. The van der Waals surface area contributed by atoms with Crippen LogP contribution in [0.4, 0.5) is 0 Å². The van der Waals surface area contributed by atoms with Crippen molar-refractivity contribution in [2.75, 3.05) is 0 Å². The van der Waals surface area contributed by atoms with Gasteiger partial charge in [-0.25, -0.2) is 4.98 Å². The van der Waals surface area contributed by atoms with Crippen LogP contribution in [0, 0.1) is 0 Å². The topological polar surface area (TPSA) is 50.7 Å². The van der Waals surface area contributed by atoms with Gasteiger partial charge in [0.25, 0.3) is 5.56 Å². The Morgan fingerprint density at radius 1 is 1.05 bits per heavy atom. The van der Waals surface area contributed by atoms with Crippen molar-refractivity contribution in [1.29, 1.82) is 0 Å². The summed E-state index contributed by atoms with van der Waals surface area (Å²) in [6, 6.07) is 19.6. The largest absolute Gasteiger partial charge is 0.293 e. The number of hydrogen-bond donors (Lipinski definition) is 1. The number of benzene rings is 2. The van der Waals surface area contributed by atoms with Crippen molar-refractivity contribution >= 4 is 21.6 Å². The Kier molecular flexibility index (Phi) is 3.12. The van der Waals surface area contributed by atoms with E-state index in [2.05, 4.69) is 10.1 Å². The summed E-state index contributed by atoms with van der Waals surface area (Å²) < 4.78 is 2.59. The van der Waals surface area contributed by atoms with Gasteiger partial charge in [0, 0.05) is 18.2 Å². The molecule has 0 atom stereocenters. The van der Waals surface area contributed by atoms with Crippen LogP contribution in [-0.4, -0.2) is 14.8 Å². The van der Waals surface area contributed by atoms with E-state index in [0.29, 0.717) is 11.6 Å². The highest BCUT2D eigenvalue weighted by molar-refractivity contribution is 7.20. The van der Waals surface area contributed by atoms with Crippen molar-refractivity contribution in [3.8, 4) is 5.13 Å². The molecule has 0 saturated carbocycles.